The van der Waals surface area contributed by atoms with Gasteiger partial charge in [-0.3, -0.25) is 5.43 Å². The number of hydrogen-bond acceptors (Lipinski definition) is 7. The molecule has 1 aromatic rings. The van der Waals surface area contributed by atoms with E-state index in [0.29, 0.717) is 31.3 Å². The average molecular weight is 255 g/mol. The van der Waals surface area contributed by atoms with E-state index in [2.05, 4.69) is 20.7 Å². The number of anilines is 2. The Morgan fingerprint density at radius 2 is 2.28 bits per heavy atom. The molecule has 0 amide bonds. The second-order valence-electron chi connectivity index (χ2n) is 4.46. The number of nitrogen functional groups attached to an aromatic ring is 1. The summed E-state index contributed by atoms with van der Waals surface area (Å²) in [4.78, 5) is 8.16. The van der Waals surface area contributed by atoms with Crippen LogP contribution in [-0.4, -0.2) is 40.9 Å². The van der Waals surface area contributed by atoms with E-state index in [1.165, 1.54) is 0 Å². The molecule has 1 heterocycles. The first kappa shape index (κ1) is 14.6. The maximum absolute atomic E-state index is 10.1. The van der Waals surface area contributed by atoms with Crippen molar-refractivity contribution in [3.05, 3.63) is 11.8 Å². The van der Waals surface area contributed by atoms with Crippen molar-refractivity contribution in [2.45, 2.75) is 25.9 Å². The molecule has 0 aliphatic rings. The highest BCUT2D eigenvalue weighted by Gasteiger charge is 2.20. The van der Waals surface area contributed by atoms with E-state index in [0.717, 1.165) is 5.56 Å². The minimum atomic E-state index is -0.857. The predicted octanol–water partition coefficient (Wildman–Crippen LogP) is 0.270. The van der Waals surface area contributed by atoms with Crippen molar-refractivity contribution in [1.82, 2.24) is 9.97 Å². The van der Waals surface area contributed by atoms with Crippen LogP contribution >= 0.6 is 0 Å². The molecule has 0 fully saturated rings. The maximum Gasteiger partial charge on any atom is 0.239 e. The Hall–Kier alpha value is -1.44. The number of hydrogen-bond donors (Lipinski definition) is 4. The van der Waals surface area contributed by atoms with Crippen molar-refractivity contribution in [3.63, 3.8) is 0 Å². The molecule has 18 heavy (non-hydrogen) atoms. The van der Waals surface area contributed by atoms with E-state index in [-0.39, 0.29) is 0 Å². The van der Waals surface area contributed by atoms with Crippen LogP contribution in [-0.2, 0) is 4.74 Å². The third kappa shape index (κ3) is 4.44. The summed E-state index contributed by atoms with van der Waals surface area (Å²) in [6, 6.07) is 0. The Morgan fingerprint density at radius 3 is 2.89 bits per heavy atom. The van der Waals surface area contributed by atoms with Crippen LogP contribution in [0.15, 0.2) is 6.20 Å². The number of nitrogens with zero attached hydrogens (tertiary/aromatic N) is 2. The normalized spacial score (nSPS) is 14.1. The van der Waals surface area contributed by atoms with Gasteiger partial charge in [-0.15, -0.1) is 0 Å². The summed E-state index contributed by atoms with van der Waals surface area (Å²) in [5.74, 6) is 6.23. The van der Waals surface area contributed by atoms with E-state index in [4.69, 9.17) is 10.6 Å². The molecule has 0 aromatic carbocycles. The Kier molecular flexibility index (Phi) is 5.26. The van der Waals surface area contributed by atoms with Crippen LogP contribution in [0.2, 0.25) is 0 Å². The topological polar surface area (TPSA) is 105 Å². The first-order valence-corrected chi connectivity index (χ1v) is 5.74. The fraction of sp³-hybridized carbons (Fsp3) is 0.636. The highest BCUT2D eigenvalue weighted by molar-refractivity contribution is 5.46. The van der Waals surface area contributed by atoms with Gasteiger partial charge in [0.1, 0.15) is 5.82 Å². The van der Waals surface area contributed by atoms with Gasteiger partial charge in [-0.25, -0.2) is 10.8 Å². The van der Waals surface area contributed by atoms with Gasteiger partial charge in [0.15, 0.2) is 0 Å². The number of aliphatic hydroxyl groups is 1. The lowest BCUT2D eigenvalue weighted by Crippen LogP contribution is -2.35. The molecule has 102 valence electrons. The Labute approximate surface area is 107 Å². The lowest BCUT2D eigenvalue weighted by Gasteiger charge is -2.24. The summed E-state index contributed by atoms with van der Waals surface area (Å²) in [5.41, 5.74) is 2.41. The van der Waals surface area contributed by atoms with Crippen LogP contribution in [0.3, 0.4) is 0 Å². The Morgan fingerprint density at radius 1 is 1.56 bits per heavy atom. The highest BCUT2D eigenvalue weighted by atomic mass is 16.5. The largest absolute Gasteiger partial charge is 0.388 e. The zero-order valence-electron chi connectivity index (χ0n) is 11.0. The summed E-state index contributed by atoms with van der Waals surface area (Å²) < 4.78 is 4.95. The maximum atomic E-state index is 10.1. The van der Waals surface area contributed by atoms with Crippen molar-refractivity contribution in [2.75, 3.05) is 31.0 Å². The smallest absolute Gasteiger partial charge is 0.239 e. The molecule has 0 saturated heterocycles. The summed E-state index contributed by atoms with van der Waals surface area (Å²) in [6.07, 6.45) is 2.21. The lowest BCUT2D eigenvalue weighted by molar-refractivity contribution is 0.0357. The zero-order chi connectivity index (χ0) is 13.6. The number of methoxy groups -OCH3 is 1. The molecule has 1 aromatic heterocycles. The number of nitrogens with two attached hydrogens (primary N) is 1. The van der Waals surface area contributed by atoms with Gasteiger partial charge in [0.25, 0.3) is 0 Å². The molecule has 1 unspecified atom stereocenters. The quantitative estimate of drug-likeness (QED) is 0.409. The number of rotatable bonds is 7. The number of hydrazine groups is 1. The minimum Gasteiger partial charge on any atom is -0.388 e. The van der Waals surface area contributed by atoms with Crippen LogP contribution in [0.1, 0.15) is 18.9 Å². The molecule has 0 aliphatic carbocycles. The molecular formula is C11H21N5O2. The van der Waals surface area contributed by atoms with Crippen LogP contribution in [0, 0.1) is 6.92 Å². The van der Waals surface area contributed by atoms with Gasteiger partial charge in [-0.1, -0.05) is 0 Å². The SMILES string of the molecule is COCCC(C)(O)CNc1nc(NN)ncc1C. The Bertz CT molecular complexity index is 384. The molecule has 7 heteroatoms. The van der Waals surface area contributed by atoms with Gasteiger partial charge in [-0.2, -0.15) is 4.98 Å². The number of aryl methyl sites for hydroxylation is 1. The first-order chi connectivity index (χ1) is 8.48. The molecule has 7 nitrogen and oxygen atoms in total. The lowest BCUT2D eigenvalue weighted by atomic mass is 10.0. The number of ether oxygens (including phenoxy) is 1. The van der Waals surface area contributed by atoms with Crippen molar-refractivity contribution in [2.24, 2.45) is 5.84 Å². The van der Waals surface area contributed by atoms with E-state index >= 15 is 0 Å². The zero-order valence-corrected chi connectivity index (χ0v) is 11.0. The van der Waals surface area contributed by atoms with Gasteiger partial charge in [-0.05, 0) is 13.8 Å². The summed E-state index contributed by atoms with van der Waals surface area (Å²) in [6.45, 7) is 4.51. The van der Waals surface area contributed by atoms with Crippen LogP contribution in [0.5, 0.6) is 0 Å². The number of aromatic nitrogens is 2. The fourth-order valence-corrected chi connectivity index (χ4v) is 1.38. The third-order valence-electron chi connectivity index (χ3n) is 2.58. The second kappa shape index (κ2) is 6.48. The van der Waals surface area contributed by atoms with Crippen LogP contribution < -0.4 is 16.6 Å². The molecular weight excluding hydrogens is 234 g/mol. The monoisotopic (exact) mass is 255 g/mol. The molecule has 0 bridgehead atoms. The first-order valence-electron chi connectivity index (χ1n) is 5.74. The summed E-state index contributed by atoms with van der Waals surface area (Å²) in [5, 5.41) is 13.2. The fourth-order valence-electron chi connectivity index (χ4n) is 1.38. The minimum absolute atomic E-state index is 0.333. The van der Waals surface area contributed by atoms with Crippen LogP contribution in [0.25, 0.3) is 0 Å². The standard InChI is InChI=1S/C11H21N5O2/c1-8-6-13-10(16-12)15-9(8)14-7-11(2,17)4-5-18-3/h6,17H,4-5,7,12H2,1-3H3,(H2,13,14,15,16). The molecule has 5 N–H and O–H groups in total. The van der Waals surface area contributed by atoms with Gasteiger partial charge >= 0.3 is 0 Å². The van der Waals surface area contributed by atoms with E-state index in [9.17, 15) is 5.11 Å². The van der Waals surface area contributed by atoms with Crippen LogP contribution in [0.4, 0.5) is 11.8 Å². The Balaban J connectivity index is 2.62. The molecule has 1 atom stereocenters. The average Bonchev–Trinajstić information content (AvgIpc) is 2.35. The molecule has 0 aliphatic heterocycles. The highest BCUT2D eigenvalue weighted by Crippen LogP contribution is 2.15. The summed E-state index contributed by atoms with van der Waals surface area (Å²) >= 11 is 0. The molecule has 0 radical (unpaired) electrons. The van der Waals surface area contributed by atoms with E-state index in [1.54, 1.807) is 20.2 Å². The van der Waals surface area contributed by atoms with Crippen molar-refractivity contribution in [1.29, 1.82) is 0 Å². The van der Waals surface area contributed by atoms with Crippen molar-refractivity contribution >= 4 is 11.8 Å². The third-order valence-corrected chi connectivity index (χ3v) is 2.58. The van der Waals surface area contributed by atoms with Gasteiger partial charge in [0, 0.05) is 38.4 Å². The summed E-state index contributed by atoms with van der Waals surface area (Å²) in [7, 11) is 1.61. The molecule has 0 saturated carbocycles. The van der Waals surface area contributed by atoms with Gasteiger partial charge in [0.05, 0.1) is 5.60 Å². The molecule has 1 rings (SSSR count). The van der Waals surface area contributed by atoms with Gasteiger partial charge < -0.3 is 15.2 Å². The molecule has 0 spiro atoms. The second-order valence-corrected chi connectivity index (χ2v) is 4.46. The van der Waals surface area contributed by atoms with Crippen molar-refractivity contribution < 1.29 is 9.84 Å². The van der Waals surface area contributed by atoms with E-state index < -0.39 is 5.60 Å². The van der Waals surface area contributed by atoms with Gasteiger partial charge in [0.2, 0.25) is 5.95 Å². The number of nitrogens with one attached hydrogen (secondary N) is 2. The van der Waals surface area contributed by atoms with Crippen molar-refractivity contribution in [3.8, 4) is 0 Å². The predicted molar refractivity (Wildman–Crippen MR) is 70.2 cm³/mol. The van der Waals surface area contributed by atoms with E-state index in [1.807, 2.05) is 6.92 Å².